The van der Waals surface area contributed by atoms with Crippen molar-refractivity contribution in [3.05, 3.63) is 291 Å². The highest BCUT2D eigenvalue weighted by Gasteiger charge is 2.63. The van der Waals surface area contributed by atoms with Crippen molar-refractivity contribution in [1.29, 1.82) is 21.0 Å². The van der Waals surface area contributed by atoms with Crippen molar-refractivity contribution in [2.24, 2.45) is 23.7 Å². The van der Waals surface area contributed by atoms with Crippen LogP contribution in [0.5, 0.6) is 0 Å². The van der Waals surface area contributed by atoms with Crippen LogP contribution in [0.15, 0.2) is 202 Å². The molecule has 11 atom stereocenters. The van der Waals surface area contributed by atoms with Crippen LogP contribution >= 0.6 is 92.8 Å². The van der Waals surface area contributed by atoms with Gasteiger partial charge in [-0.3, -0.25) is 9.59 Å². The van der Waals surface area contributed by atoms with Gasteiger partial charge in [-0.25, -0.2) is 0 Å². The molecule has 620 valence electrons. The highest BCUT2D eigenvalue weighted by molar-refractivity contribution is 8.21. The van der Waals surface area contributed by atoms with Crippen LogP contribution in [-0.2, 0) is 23.7 Å². The van der Waals surface area contributed by atoms with E-state index in [9.17, 15) is 21.0 Å². The number of fused-ring (bicyclic) bond motifs is 12. The number of rotatable bonds is 32. The second-order valence-corrected chi connectivity index (χ2v) is 45.0. The number of benzene rings is 7. The number of carbonyl (C=O) groups is 2. The Morgan fingerprint density at radius 3 is 1.41 bits per heavy atom. The van der Waals surface area contributed by atoms with Crippen LogP contribution in [0.2, 0.25) is 0 Å². The number of nitrogens with zero attached hydrogens (tertiary/aromatic N) is 4. The number of Topliss-reactive ketones (excluding diaryl/α,β-unsaturated/α-hetero) is 2. The zero-order valence-electron chi connectivity index (χ0n) is 71.6. The lowest BCUT2D eigenvalue weighted by Gasteiger charge is -2.39. The van der Waals surface area contributed by atoms with Crippen LogP contribution in [0, 0.1) is 82.8 Å². The normalized spacial score (nSPS) is 22.8. The molecule has 0 N–H and O–H groups in total. The minimum Gasteiger partial charge on any atom is -0.289 e. The number of hydrogen-bond donors (Lipinski definition) is 0. The van der Waals surface area contributed by atoms with Gasteiger partial charge in [0.1, 0.15) is 35.4 Å². The van der Waals surface area contributed by atoms with E-state index >= 15 is 9.59 Å². The predicted molar refractivity (Wildman–Crippen MR) is 523 cm³/mol. The summed E-state index contributed by atoms with van der Waals surface area (Å²) in [5.41, 5.74) is 18.4. The highest BCUT2D eigenvalue weighted by atomic mass is 32.2. The molecule has 2 saturated heterocycles. The predicted octanol–water partition coefficient (Wildman–Crippen LogP) is 31.0. The van der Waals surface area contributed by atoms with Crippen molar-refractivity contribution in [2.75, 3.05) is 11.5 Å². The quantitative estimate of drug-likeness (QED) is 0.0173. The second-order valence-electron chi connectivity index (χ2n) is 34.9. The third-order valence-electron chi connectivity index (χ3n) is 27.4. The Morgan fingerprint density at radius 2 is 0.943 bits per heavy atom. The second kappa shape index (κ2) is 37.6. The fourth-order valence-electron chi connectivity index (χ4n) is 21.5. The number of aryl methyl sites for hydroxylation is 4. The van der Waals surface area contributed by atoms with Crippen LogP contribution in [0.25, 0.3) is 46.7 Å². The minimum atomic E-state index is -0.737. The fourth-order valence-corrected chi connectivity index (χ4v) is 33.9. The molecule has 7 aliphatic rings. The van der Waals surface area contributed by atoms with Crippen molar-refractivity contribution < 1.29 is 9.59 Å². The maximum atomic E-state index is 15.3. The average Bonchev–Trinajstić information content (AvgIpc) is 1.48. The Hall–Kier alpha value is -8.09. The molecule has 0 amide bonds. The summed E-state index contributed by atoms with van der Waals surface area (Å²) in [6.45, 7) is 18.6. The number of thioether (sulfide) groups is 5. The molecule has 10 aromatic rings. The van der Waals surface area contributed by atoms with Crippen LogP contribution in [0.4, 0.5) is 0 Å². The zero-order valence-corrected chi connectivity index (χ0v) is 78.1. The lowest BCUT2D eigenvalue weighted by Crippen LogP contribution is -2.35. The summed E-state index contributed by atoms with van der Waals surface area (Å²) in [7, 11) is 0. The van der Waals surface area contributed by atoms with Crippen molar-refractivity contribution in [3.63, 3.8) is 0 Å². The van der Waals surface area contributed by atoms with Gasteiger partial charge in [-0.15, -0.1) is 92.8 Å². The van der Waals surface area contributed by atoms with Gasteiger partial charge >= 0.3 is 0 Å². The summed E-state index contributed by atoms with van der Waals surface area (Å²) in [6, 6.07) is 67.8. The summed E-state index contributed by atoms with van der Waals surface area (Å²) in [4.78, 5) is 36.0. The molecular formula is C108H108N4O2S8. The van der Waals surface area contributed by atoms with Gasteiger partial charge in [0.25, 0.3) is 0 Å². The van der Waals surface area contributed by atoms with Crippen LogP contribution in [0.3, 0.4) is 0 Å². The smallest absolute Gasteiger partial charge is 0.194 e. The van der Waals surface area contributed by atoms with Gasteiger partial charge in [0.15, 0.2) is 11.6 Å². The average molecular weight is 1750 g/mol. The number of carbonyl (C=O) groups excluding carboxylic acids is 2. The van der Waals surface area contributed by atoms with Gasteiger partial charge in [0, 0.05) is 111 Å². The molecule has 0 spiro atoms. The monoisotopic (exact) mass is 1750 g/mol. The number of nitriles is 4. The summed E-state index contributed by atoms with van der Waals surface area (Å²) < 4.78 is 4.33. The lowest BCUT2D eigenvalue weighted by atomic mass is 9.62. The first-order chi connectivity index (χ1) is 59.7. The van der Waals surface area contributed by atoms with E-state index in [0.29, 0.717) is 61.0 Å². The fraction of sp³-hybridized carbons (Fsp3) is 0.389. The van der Waals surface area contributed by atoms with Gasteiger partial charge in [0.05, 0.1) is 19.6 Å². The Bertz CT molecular complexity index is 5930. The van der Waals surface area contributed by atoms with E-state index in [0.717, 1.165) is 75.7 Å². The third-order valence-corrected chi connectivity index (χ3v) is 38.9. The maximum absolute atomic E-state index is 15.3. The number of allylic oxidation sites excluding steroid dienone is 7. The molecule has 6 heterocycles. The largest absolute Gasteiger partial charge is 0.289 e. The van der Waals surface area contributed by atoms with Gasteiger partial charge < -0.3 is 0 Å². The van der Waals surface area contributed by atoms with Crippen LogP contribution in [-0.4, -0.2) is 38.2 Å². The Kier molecular flexibility index (Phi) is 26.5. The van der Waals surface area contributed by atoms with Gasteiger partial charge in [-0.05, 0) is 169 Å². The molecule has 3 aliphatic heterocycles. The number of thiophene rings is 3. The summed E-state index contributed by atoms with van der Waals surface area (Å²) >= 11 is 16.5. The molecular weight excluding hydrogens is 1640 g/mol. The molecule has 2 fully saturated rings. The van der Waals surface area contributed by atoms with Crippen LogP contribution < -0.4 is 0 Å². The molecule has 3 aromatic heterocycles. The molecule has 14 heteroatoms. The highest BCUT2D eigenvalue weighted by Crippen LogP contribution is 2.76. The Balaban J connectivity index is 1.00. The number of unbranched alkanes of at least 4 members (excludes halogenated alkanes) is 8. The maximum Gasteiger partial charge on any atom is 0.194 e. The van der Waals surface area contributed by atoms with Crippen LogP contribution in [0.1, 0.15) is 277 Å². The standard InChI is InChI=1S/C108H108N4O2S8/c1-9-15-19-21-35-69-37-29-41-75(53-69)107(73-39-27-31-65(7)51-73)85-57-77(55-83-91(71(59-109)60-110)79-43-23-25-45-81(79)99(83)113)117-101(85)105-97(107)95-93(87-47-49-89(119-87)115-63-67(13-5)33-17-11-3)104-96(94(103(95)121-105)88-48-50-90(120-88)116-64-68(14-6)34-18-12-4)98-106(122-104)102-86(58-78(118-102)56-84-92(72(61-111)62-112)80-44-24-26-46-82(80)100(84)114)108(98,74-40-28-32-66(8)52-74)76-42-30-38-70(54-76)36-22-20-16-10-2/h23-32,37-49,51-56,67-68,77-78,85-86,90,101-102H,9-22,33-36,50,57-58,63-64H2,1-8H3/b83-55-,84-56-. The van der Waals surface area contributed by atoms with Crippen molar-refractivity contribution in [3.8, 4) is 34.7 Å². The number of ketones is 2. The molecule has 0 bridgehead atoms. The lowest BCUT2D eigenvalue weighted by molar-refractivity contribution is 0.103. The van der Waals surface area contributed by atoms with E-state index in [1.54, 1.807) is 0 Å². The minimum absolute atomic E-state index is 0.000939. The SMILES string of the molecule is CCCCCCc1cccc(C2(c3cccc(C)c3)c3c(sc4c(-c5ccc(SCC(CC)CCCC)s5)c5c6c(sc5c(C5=CCC(SCC(CC)CCCC)S5)c34)C3SC(/C=C4\C(=O)c5ccccc5C4=C(C#N)C#N)CC3C6(c3cccc(C)c3)c3cccc(CCCCCC)c3)C3SC(/C=C4\C(=O)c5ccccc5C4=C(C#N)C#N)CC32)c1. The Labute approximate surface area is 756 Å². The Morgan fingerprint density at radius 1 is 0.492 bits per heavy atom. The van der Waals surface area contributed by atoms with E-state index in [1.165, 1.54) is 181 Å². The molecule has 4 aliphatic carbocycles. The zero-order chi connectivity index (χ0) is 84.5. The first-order valence-corrected chi connectivity index (χ1v) is 52.2. The van der Waals surface area contributed by atoms with Gasteiger partial charge in [0.2, 0.25) is 0 Å². The van der Waals surface area contributed by atoms with E-state index in [4.69, 9.17) is 0 Å². The summed E-state index contributed by atoms with van der Waals surface area (Å²) in [5.74, 6) is 3.17. The third kappa shape index (κ3) is 15.5. The number of hydrogen-bond acceptors (Lipinski definition) is 14. The molecule has 0 radical (unpaired) electrons. The molecule has 0 saturated carbocycles. The molecule has 17 rings (SSSR count). The van der Waals surface area contributed by atoms with E-state index < -0.39 is 10.8 Å². The molecule has 6 nitrogen and oxygen atoms in total. The summed E-state index contributed by atoms with van der Waals surface area (Å²) in [6.07, 6.45) is 30.3. The van der Waals surface area contributed by atoms with E-state index in [1.807, 2.05) is 95.2 Å². The van der Waals surface area contributed by atoms with Crippen molar-refractivity contribution >= 4 is 141 Å². The van der Waals surface area contributed by atoms with Crippen molar-refractivity contribution in [1.82, 2.24) is 0 Å². The first kappa shape index (κ1) is 86.0. The van der Waals surface area contributed by atoms with E-state index in [2.05, 4.69) is 253 Å². The molecule has 11 unspecified atom stereocenters. The topological polar surface area (TPSA) is 129 Å². The van der Waals surface area contributed by atoms with Crippen molar-refractivity contribution in [2.45, 2.75) is 231 Å². The van der Waals surface area contributed by atoms with E-state index in [-0.39, 0.29) is 55.5 Å². The molecule has 7 aromatic carbocycles. The summed E-state index contributed by atoms with van der Waals surface area (Å²) in [5, 5.41) is 45.6. The van der Waals surface area contributed by atoms with Gasteiger partial charge in [-0.2, -0.15) is 21.0 Å². The molecule has 122 heavy (non-hydrogen) atoms. The van der Waals surface area contributed by atoms with Gasteiger partial charge in [-0.1, -0.05) is 294 Å². The first-order valence-electron chi connectivity index (χ1n) is 45.0.